The number of nitrogens with one attached hydrogen (secondary N) is 2. The molecular weight excluding hydrogens is 381 g/mol. The molecule has 2 amide bonds. The summed E-state index contributed by atoms with van der Waals surface area (Å²) in [6.07, 6.45) is -4.41. The Balaban J connectivity index is 1.95. The molecule has 2 aromatic rings. The van der Waals surface area contributed by atoms with E-state index in [1.54, 1.807) is 0 Å². The van der Waals surface area contributed by atoms with E-state index in [0.29, 0.717) is 0 Å². The molecule has 7 heteroatoms. The van der Waals surface area contributed by atoms with Crippen molar-refractivity contribution >= 4 is 11.8 Å². The Labute approximate surface area is 167 Å². The average Bonchev–Trinajstić information content (AvgIpc) is 2.64. The number of aryl methyl sites for hydroxylation is 1. The Bertz CT molecular complexity index is 926. The van der Waals surface area contributed by atoms with Gasteiger partial charge in [-0.1, -0.05) is 47.7 Å². The van der Waals surface area contributed by atoms with Gasteiger partial charge in [-0.15, -0.1) is 0 Å². The molecule has 29 heavy (non-hydrogen) atoms. The van der Waals surface area contributed by atoms with E-state index in [1.807, 2.05) is 31.2 Å². The fourth-order valence-corrected chi connectivity index (χ4v) is 2.62. The number of hydrogen-bond acceptors (Lipinski definition) is 2. The second kappa shape index (κ2) is 9.78. The number of benzene rings is 2. The fraction of sp³-hybridized carbons (Fsp3) is 0.273. The molecule has 0 bridgehead atoms. The summed E-state index contributed by atoms with van der Waals surface area (Å²) < 4.78 is 38.1. The van der Waals surface area contributed by atoms with Crippen molar-refractivity contribution in [2.24, 2.45) is 0 Å². The maximum Gasteiger partial charge on any atom is 0.416 e. The molecule has 2 N–H and O–H groups in total. The summed E-state index contributed by atoms with van der Waals surface area (Å²) in [6, 6.07) is 11.7. The van der Waals surface area contributed by atoms with Crippen LogP contribution in [-0.2, 0) is 15.8 Å². The third-order valence-electron chi connectivity index (χ3n) is 4.04. The minimum atomic E-state index is -4.43. The average molecular weight is 402 g/mol. The van der Waals surface area contributed by atoms with E-state index in [2.05, 4.69) is 22.5 Å². The second-order valence-electron chi connectivity index (χ2n) is 6.52. The summed E-state index contributed by atoms with van der Waals surface area (Å²) in [6.45, 7) is 3.29. The van der Waals surface area contributed by atoms with E-state index < -0.39 is 17.8 Å². The van der Waals surface area contributed by atoms with Crippen LogP contribution in [0.25, 0.3) is 0 Å². The van der Waals surface area contributed by atoms with E-state index in [9.17, 15) is 22.8 Å². The zero-order valence-electron chi connectivity index (χ0n) is 16.1. The van der Waals surface area contributed by atoms with E-state index >= 15 is 0 Å². The molecule has 0 unspecified atom stereocenters. The number of carbonyl (C=O) groups excluding carboxylic acids is 2. The molecule has 0 aliphatic carbocycles. The minimum Gasteiger partial charge on any atom is -0.349 e. The Kier molecular flexibility index (Phi) is 7.43. The first-order valence-corrected chi connectivity index (χ1v) is 8.91. The predicted molar refractivity (Wildman–Crippen MR) is 104 cm³/mol. The van der Waals surface area contributed by atoms with Crippen LogP contribution in [0.5, 0.6) is 0 Å². The van der Waals surface area contributed by atoms with Gasteiger partial charge < -0.3 is 10.6 Å². The zero-order valence-corrected chi connectivity index (χ0v) is 16.1. The van der Waals surface area contributed by atoms with Crippen LogP contribution in [0.15, 0.2) is 48.5 Å². The lowest BCUT2D eigenvalue weighted by molar-refractivity contribution is -0.137. The molecule has 0 saturated heterocycles. The quantitative estimate of drug-likeness (QED) is 0.749. The first-order chi connectivity index (χ1) is 13.6. The van der Waals surface area contributed by atoms with Gasteiger partial charge in [0.2, 0.25) is 11.8 Å². The van der Waals surface area contributed by atoms with Gasteiger partial charge >= 0.3 is 6.18 Å². The molecular formula is C22H21F3N2O2. The van der Waals surface area contributed by atoms with Crippen molar-refractivity contribution in [3.63, 3.8) is 0 Å². The monoisotopic (exact) mass is 402 g/mol. The number of amides is 2. The maximum atomic E-state index is 12.7. The highest BCUT2D eigenvalue weighted by molar-refractivity contribution is 5.79. The maximum absolute atomic E-state index is 12.7. The summed E-state index contributed by atoms with van der Waals surface area (Å²) in [5, 5.41) is 5.34. The van der Waals surface area contributed by atoms with Crippen LogP contribution in [0.4, 0.5) is 13.2 Å². The SMILES string of the molecule is CC(=O)N[C@H](CC(=O)NCC#Cc1cccc(C(F)(F)F)c1)c1ccc(C)cc1. The van der Waals surface area contributed by atoms with Crippen molar-refractivity contribution in [3.8, 4) is 11.8 Å². The molecule has 0 aliphatic heterocycles. The van der Waals surface area contributed by atoms with Gasteiger partial charge in [-0.3, -0.25) is 9.59 Å². The topological polar surface area (TPSA) is 58.2 Å². The van der Waals surface area contributed by atoms with Crippen LogP contribution in [0.1, 0.15) is 41.6 Å². The van der Waals surface area contributed by atoms with Crippen LogP contribution in [-0.4, -0.2) is 18.4 Å². The summed E-state index contributed by atoms with van der Waals surface area (Å²) >= 11 is 0. The predicted octanol–water partition coefficient (Wildman–Crippen LogP) is 3.75. The zero-order chi connectivity index (χ0) is 21.4. The highest BCUT2D eigenvalue weighted by Crippen LogP contribution is 2.29. The Morgan fingerprint density at radius 2 is 1.79 bits per heavy atom. The summed E-state index contributed by atoms with van der Waals surface area (Å²) in [4.78, 5) is 23.6. The van der Waals surface area contributed by atoms with Crippen molar-refractivity contribution in [2.45, 2.75) is 32.5 Å². The van der Waals surface area contributed by atoms with Gasteiger partial charge in [0.1, 0.15) is 0 Å². The smallest absolute Gasteiger partial charge is 0.349 e. The molecule has 0 aliphatic rings. The van der Waals surface area contributed by atoms with Gasteiger partial charge in [-0.05, 0) is 30.7 Å². The third-order valence-corrected chi connectivity index (χ3v) is 4.04. The van der Waals surface area contributed by atoms with E-state index in [0.717, 1.165) is 23.3 Å². The molecule has 1 atom stereocenters. The Hall–Kier alpha value is -3.27. The lowest BCUT2D eigenvalue weighted by atomic mass is 10.0. The highest BCUT2D eigenvalue weighted by atomic mass is 19.4. The fourth-order valence-electron chi connectivity index (χ4n) is 2.62. The second-order valence-corrected chi connectivity index (χ2v) is 6.52. The molecule has 0 spiro atoms. The number of carbonyl (C=O) groups is 2. The molecule has 0 heterocycles. The van der Waals surface area contributed by atoms with E-state index in [1.165, 1.54) is 19.1 Å². The molecule has 4 nitrogen and oxygen atoms in total. The van der Waals surface area contributed by atoms with Crippen molar-refractivity contribution in [1.82, 2.24) is 10.6 Å². The van der Waals surface area contributed by atoms with Crippen LogP contribution >= 0.6 is 0 Å². The number of hydrogen-bond donors (Lipinski definition) is 2. The lowest BCUT2D eigenvalue weighted by Gasteiger charge is -2.18. The standard InChI is InChI=1S/C22H21F3N2O2/c1-15-8-10-18(11-9-15)20(27-16(2)28)14-21(29)26-12-4-6-17-5-3-7-19(13-17)22(23,24)25/h3,5,7-11,13,20H,12,14H2,1-2H3,(H,26,29)(H,27,28)/t20-/m1/s1. The van der Waals surface area contributed by atoms with Gasteiger partial charge in [0.05, 0.1) is 24.6 Å². The van der Waals surface area contributed by atoms with E-state index in [4.69, 9.17) is 0 Å². The minimum absolute atomic E-state index is 0.0181. The molecule has 0 radical (unpaired) electrons. The van der Waals surface area contributed by atoms with Gasteiger partial charge in [-0.25, -0.2) is 0 Å². The van der Waals surface area contributed by atoms with Crippen LogP contribution in [0, 0.1) is 18.8 Å². The van der Waals surface area contributed by atoms with E-state index in [-0.39, 0.29) is 30.3 Å². The van der Waals surface area contributed by atoms with Crippen molar-refractivity contribution in [2.75, 3.05) is 6.54 Å². The van der Waals surface area contributed by atoms with Gasteiger partial charge in [0, 0.05) is 12.5 Å². The van der Waals surface area contributed by atoms with Crippen LogP contribution in [0.2, 0.25) is 0 Å². The highest BCUT2D eigenvalue weighted by Gasteiger charge is 2.30. The van der Waals surface area contributed by atoms with Crippen LogP contribution in [0.3, 0.4) is 0 Å². The molecule has 152 valence electrons. The largest absolute Gasteiger partial charge is 0.416 e. The number of rotatable bonds is 5. The third kappa shape index (κ3) is 7.34. The van der Waals surface area contributed by atoms with Crippen molar-refractivity contribution in [3.05, 3.63) is 70.8 Å². The summed E-state index contributed by atoms with van der Waals surface area (Å²) in [5.74, 6) is 4.65. The molecule has 2 aromatic carbocycles. The Morgan fingerprint density at radius 1 is 1.10 bits per heavy atom. The van der Waals surface area contributed by atoms with Crippen LogP contribution < -0.4 is 10.6 Å². The number of alkyl halides is 3. The molecule has 2 rings (SSSR count). The normalized spacial score (nSPS) is 11.8. The number of halogens is 3. The van der Waals surface area contributed by atoms with Crippen molar-refractivity contribution in [1.29, 1.82) is 0 Å². The molecule has 0 saturated carbocycles. The summed E-state index contributed by atoms with van der Waals surface area (Å²) in [7, 11) is 0. The van der Waals surface area contributed by atoms with Gasteiger partial charge in [0.25, 0.3) is 0 Å². The molecule has 0 fully saturated rings. The first kappa shape index (κ1) is 22.0. The lowest BCUT2D eigenvalue weighted by Crippen LogP contribution is -2.32. The molecule has 0 aromatic heterocycles. The Morgan fingerprint density at radius 3 is 2.41 bits per heavy atom. The van der Waals surface area contributed by atoms with Gasteiger partial charge in [-0.2, -0.15) is 13.2 Å². The van der Waals surface area contributed by atoms with Crippen molar-refractivity contribution < 1.29 is 22.8 Å². The van der Waals surface area contributed by atoms with Gasteiger partial charge in [0.15, 0.2) is 0 Å². The summed E-state index contributed by atoms with van der Waals surface area (Å²) in [5.41, 5.74) is 1.30. The first-order valence-electron chi connectivity index (χ1n) is 8.91.